The third-order valence-electron chi connectivity index (χ3n) is 10.3. The Balaban J connectivity index is 1.19. The first kappa shape index (κ1) is 33.0. The van der Waals surface area contributed by atoms with Gasteiger partial charge >= 0.3 is 0 Å². The zero-order valence-electron chi connectivity index (χ0n) is 30.5. The molecule has 264 valence electrons. The number of para-hydroxylation sites is 1. The molecule has 0 fully saturated rings. The molecule has 2 heterocycles. The molecule has 0 radical (unpaired) electrons. The molecule has 0 aliphatic heterocycles. The lowest BCUT2D eigenvalue weighted by Gasteiger charge is -2.27. The predicted octanol–water partition coefficient (Wildman–Crippen LogP) is 14.2. The Labute approximate surface area is 325 Å². The van der Waals surface area contributed by atoms with Crippen molar-refractivity contribution in [3.8, 4) is 56.2 Å². The summed E-state index contributed by atoms with van der Waals surface area (Å²) in [6, 6.07) is 73.8. The highest BCUT2D eigenvalue weighted by atomic mass is 16.3. The Morgan fingerprint density at radius 3 is 1.41 bits per heavy atom. The molecule has 0 saturated heterocycles. The molecule has 2 aromatic heterocycles. The normalized spacial score (nSPS) is 11.2. The molecule has 0 unspecified atom stereocenters. The highest BCUT2D eigenvalue weighted by Crippen LogP contribution is 2.46. The van der Waals surface area contributed by atoms with Crippen LogP contribution >= 0.6 is 0 Å². The fourth-order valence-electron chi connectivity index (χ4n) is 7.55. The Morgan fingerprint density at radius 2 is 0.839 bits per heavy atom. The number of hydrogen-bond acceptors (Lipinski definition) is 4. The van der Waals surface area contributed by atoms with Crippen LogP contribution in [0, 0.1) is 0 Å². The van der Waals surface area contributed by atoms with E-state index in [0.29, 0.717) is 5.82 Å². The Kier molecular flexibility index (Phi) is 8.47. The molecule has 0 saturated carbocycles. The standard InChI is InChI=1S/C52H35N3O/c1-5-15-36(16-6-1)38-25-29-42(30-26-38)55(43-31-27-39(28-32-43)37-17-7-2-8-18-37)48-34-33-44(51-50(48)45-23-13-14-24-49(45)56-51)47-35-46(40-19-9-3-10-20-40)53-52(54-47)41-21-11-4-12-22-41/h1-35H. The second-order valence-electron chi connectivity index (χ2n) is 13.8. The van der Waals surface area contributed by atoms with Gasteiger partial charge in [0, 0.05) is 33.5 Å². The number of fused-ring (bicyclic) bond motifs is 3. The van der Waals surface area contributed by atoms with Crippen molar-refractivity contribution in [2.45, 2.75) is 0 Å². The molecule has 56 heavy (non-hydrogen) atoms. The lowest BCUT2D eigenvalue weighted by Crippen LogP contribution is -2.10. The number of hydrogen-bond donors (Lipinski definition) is 0. The lowest BCUT2D eigenvalue weighted by atomic mass is 10.00. The molecule has 10 aromatic rings. The summed E-state index contributed by atoms with van der Waals surface area (Å²) in [5, 5.41) is 2.05. The second-order valence-corrected chi connectivity index (χ2v) is 13.8. The van der Waals surface area contributed by atoms with Crippen LogP contribution in [0.1, 0.15) is 0 Å². The zero-order chi connectivity index (χ0) is 37.3. The van der Waals surface area contributed by atoms with E-state index in [4.69, 9.17) is 14.4 Å². The number of rotatable bonds is 8. The van der Waals surface area contributed by atoms with Crippen molar-refractivity contribution < 1.29 is 4.42 Å². The van der Waals surface area contributed by atoms with Gasteiger partial charge in [0.25, 0.3) is 0 Å². The average Bonchev–Trinajstić information content (AvgIpc) is 3.68. The van der Waals surface area contributed by atoms with E-state index in [1.54, 1.807) is 0 Å². The van der Waals surface area contributed by atoms with Gasteiger partial charge in [0.2, 0.25) is 0 Å². The first-order valence-corrected chi connectivity index (χ1v) is 18.8. The highest BCUT2D eigenvalue weighted by molar-refractivity contribution is 6.17. The van der Waals surface area contributed by atoms with Gasteiger partial charge < -0.3 is 9.32 Å². The quantitative estimate of drug-likeness (QED) is 0.157. The molecular weight excluding hydrogens is 683 g/mol. The SMILES string of the molecule is c1ccc(-c2ccc(N(c3ccc(-c4ccccc4)cc3)c3ccc(-c4cc(-c5ccccc5)nc(-c5ccccc5)n4)c4oc5ccccc5c34)cc2)cc1. The maximum atomic E-state index is 6.86. The summed E-state index contributed by atoms with van der Waals surface area (Å²) in [5.74, 6) is 0.661. The Hall–Kier alpha value is -7.56. The van der Waals surface area contributed by atoms with Crippen LogP contribution in [-0.2, 0) is 0 Å². The average molecular weight is 718 g/mol. The van der Waals surface area contributed by atoms with E-state index in [-0.39, 0.29) is 0 Å². The molecule has 0 N–H and O–H groups in total. The minimum absolute atomic E-state index is 0.661. The van der Waals surface area contributed by atoms with E-state index >= 15 is 0 Å². The van der Waals surface area contributed by atoms with Crippen LogP contribution < -0.4 is 4.90 Å². The monoisotopic (exact) mass is 717 g/mol. The minimum atomic E-state index is 0.661. The van der Waals surface area contributed by atoms with Crippen LogP contribution in [-0.4, -0.2) is 9.97 Å². The lowest BCUT2D eigenvalue weighted by molar-refractivity contribution is 0.670. The fourth-order valence-corrected chi connectivity index (χ4v) is 7.55. The third-order valence-corrected chi connectivity index (χ3v) is 10.3. The maximum Gasteiger partial charge on any atom is 0.160 e. The summed E-state index contributed by atoms with van der Waals surface area (Å²) in [6.07, 6.45) is 0. The predicted molar refractivity (Wildman–Crippen MR) is 231 cm³/mol. The summed E-state index contributed by atoms with van der Waals surface area (Å²) in [7, 11) is 0. The molecule has 0 amide bonds. The molecule has 8 aromatic carbocycles. The third kappa shape index (κ3) is 6.19. The minimum Gasteiger partial charge on any atom is -0.455 e. The van der Waals surface area contributed by atoms with E-state index < -0.39 is 0 Å². The Morgan fingerprint density at radius 1 is 0.375 bits per heavy atom. The van der Waals surface area contributed by atoms with Crippen LogP contribution in [0.2, 0.25) is 0 Å². The van der Waals surface area contributed by atoms with Crippen molar-refractivity contribution in [3.63, 3.8) is 0 Å². The van der Waals surface area contributed by atoms with Gasteiger partial charge in [-0.2, -0.15) is 0 Å². The van der Waals surface area contributed by atoms with Gasteiger partial charge in [-0.1, -0.05) is 164 Å². The number of benzene rings is 8. The zero-order valence-corrected chi connectivity index (χ0v) is 30.5. The van der Waals surface area contributed by atoms with E-state index in [0.717, 1.165) is 78.2 Å². The summed E-state index contributed by atoms with van der Waals surface area (Å²) < 4.78 is 6.86. The van der Waals surface area contributed by atoms with Crippen molar-refractivity contribution in [1.82, 2.24) is 9.97 Å². The molecule has 0 atom stereocenters. The van der Waals surface area contributed by atoms with Crippen molar-refractivity contribution in [1.29, 1.82) is 0 Å². The summed E-state index contributed by atoms with van der Waals surface area (Å²) in [4.78, 5) is 12.6. The summed E-state index contributed by atoms with van der Waals surface area (Å²) in [5.41, 5.74) is 13.9. The van der Waals surface area contributed by atoms with Gasteiger partial charge in [-0.05, 0) is 70.8 Å². The molecular formula is C52H35N3O. The molecule has 0 spiro atoms. The van der Waals surface area contributed by atoms with Gasteiger partial charge in [0.15, 0.2) is 5.82 Å². The smallest absolute Gasteiger partial charge is 0.160 e. The molecule has 0 aliphatic carbocycles. The highest BCUT2D eigenvalue weighted by Gasteiger charge is 2.23. The molecule has 0 aliphatic rings. The van der Waals surface area contributed by atoms with Crippen LogP contribution in [0.15, 0.2) is 217 Å². The van der Waals surface area contributed by atoms with Crippen molar-refractivity contribution >= 4 is 39.0 Å². The van der Waals surface area contributed by atoms with Crippen LogP contribution in [0.4, 0.5) is 17.1 Å². The maximum absolute atomic E-state index is 6.86. The van der Waals surface area contributed by atoms with Gasteiger partial charge in [-0.3, -0.25) is 0 Å². The topological polar surface area (TPSA) is 42.2 Å². The van der Waals surface area contributed by atoms with E-state index in [2.05, 4.69) is 169 Å². The van der Waals surface area contributed by atoms with Crippen molar-refractivity contribution in [2.24, 2.45) is 0 Å². The van der Waals surface area contributed by atoms with Gasteiger partial charge in [-0.25, -0.2) is 9.97 Å². The van der Waals surface area contributed by atoms with Crippen LogP contribution in [0.3, 0.4) is 0 Å². The summed E-state index contributed by atoms with van der Waals surface area (Å²) >= 11 is 0. The first-order valence-electron chi connectivity index (χ1n) is 18.8. The largest absolute Gasteiger partial charge is 0.455 e. The van der Waals surface area contributed by atoms with E-state index in [1.807, 2.05) is 48.5 Å². The molecule has 4 nitrogen and oxygen atoms in total. The fraction of sp³-hybridized carbons (Fsp3) is 0. The summed E-state index contributed by atoms with van der Waals surface area (Å²) in [6.45, 7) is 0. The number of furan rings is 1. The number of aromatic nitrogens is 2. The second kappa shape index (κ2) is 14.3. The Bertz CT molecular complexity index is 2780. The molecule has 4 heteroatoms. The van der Waals surface area contributed by atoms with Gasteiger partial charge in [0.05, 0.1) is 22.5 Å². The van der Waals surface area contributed by atoms with Crippen LogP contribution in [0.25, 0.3) is 78.1 Å². The molecule has 10 rings (SSSR count). The van der Waals surface area contributed by atoms with Crippen molar-refractivity contribution in [3.05, 3.63) is 212 Å². The number of anilines is 3. The number of nitrogens with zero attached hydrogens (tertiary/aromatic N) is 3. The van der Waals surface area contributed by atoms with Crippen molar-refractivity contribution in [2.75, 3.05) is 4.90 Å². The van der Waals surface area contributed by atoms with Gasteiger partial charge in [-0.15, -0.1) is 0 Å². The van der Waals surface area contributed by atoms with E-state index in [9.17, 15) is 0 Å². The van der Waals surface area contributed by atoms with E-state index in [1.165, 1.54) is 11.1 Å². The molecule has 0 bridgehead atoms. The van der Waals surface area contributed by atoms with Crippen LogP contribution in [0.5, 0.6) is 0 Å². The first-order chi connectivity index (χ1) is 27.8. The van der Waals surface area contributed by atoms with Gasteiger partial charge in [0.1, 0.15) is 11.2 Å².